The Morgan fingerprint density at radius 2 is 2.13 bits per heavy atom. The second-order valence-electron chi connectivity index (χ2n) is 5.77. The number of aromatic amines is 1. The van der Waals surface area contributed by atoms with Gasteiger partial charge in [-0.2, -0.15) is 10.1 Å². The third-order valence-corrected chi connectivity index (χ3v) is 4.42. The maximum Gasteiger partial charge on any atom is 0.234 e. The molecule has 2 aliphatic rings. The second kappa shape index (κ2) is 4.84. The molecule has 0 saturated carbocycles. The number of benzene rings is 1. The molecule has 7 heteroatoms. The number of H-pyrrole nitrogens is 1. The van der Waals surface area contributed by atoms with Crippen molar-refractivity contribution in [2.45, 2.75) is 25.2 Å². The monoisotopic (exact) mass is 310 g/mol. The van der Waals surface area contributed by atoms with Gasteiger partial charge in [-0.25, -0.2) is 0 Å². The summed E-state index contributed by atoms with van der Waals surface area (Å²) in [5.41, 5.74) is 3.19. The minimum atomic E-state index is 0.118. The molecule has 0 fully saturated rings. The first-order valence-corrected chi connectivity index (χ1v) is 7.64. The molecule has 0 amide bonds. The fourth-order valence-electron chi connectivity index (χ4n) is 3.25. The molecule has 2 aromatic heterocycles. The zero-order valence-electron chi connectivity index (χ0n) is 12.3. The lowest BCUT2D eigenvalue weighted by Gasteiger charge is -2.17. The average Bonchev–Trinajstić information content (AvgIpc) is 3.32. The van der Waals surface area contributed by atoms with Crippen LogP contribution in [0, 0.1) is 0 Å². The molecule has 0 bridgehead atoms. The number of fused-ring (bicyclic) bond motifs is 2. The molecule has 7 nitrogen and oxygen atoms in total. The largest absolute Gasteiger partial charge is 0.454 e. The van der Waals surface area contributed by atoms with E-state index in [-0.39, 0.29) is 12.7 Å². The molecule has 3 heterocycles. The summed E-state index contributed by atoms with van der Waals surface area (Å²) in [5.74, 6) is 2.78. The lowest BCUT2D eigenvalue weighted by Crippen LogP contribution is -2.10. The first kappa shape index (κ1) is 12.7. The van der Waals surface area contributed by atoms with E-state index >= 15 is 0 Å². The lowest BCUT2D eigenvalue weighted by atomic mass is 9.87. The van der Waals surface area contributed by atoms with Gasteiger partial charge >= 0.3 is 0 Å². The van der Waals surface area contributed by atoms with Crippen LogP contribution in [0.15, 0.2) is 28.9 Å². The molecule has 0 spiro atoms. The molecule has 3 aromatic rings. The fourth-order valence-corrected chi connectivity index (χ4v) is 3.25. The minimum Gasteiger partial charge on any atom is -0.454 e. The van der Waals surface area contributed by atoms with Crippen molar-refractivity contribution in [2.75, 3.05) is 6.79 Å². The molecule has 1 N–H and O–H groups in total. The van der Waals surface area contributed by atoms with E-state index in [9.17, 15) is 0 Å². The summed E-state index contributed by atoms with van der Waals surface area (Å²) in [6.07, 6.45) is 4.97. The van der Waals surface area contributed by atoms with Gasteiger partial charge in [0.25, 0.3) is 0 Å². The summed E-state index contributed by atoms with van der Waals surface area (Å²) in [7, 11) is 0. The average molecular weight is 310 g/mol. The van der Waals surface area contributed by atoms with Gasteiger partial charge in [-0.1, -0.05) is 5.16 Å². The number of nitrogens with zero attached hydrogens (tertiary/aromatic N) is 3. The lowest BCUT2D eigenvalue weighted by molar-refractivity contribution is 0.174. The first-order chi connectivity index (χ1) is 11.4. The summed E-state index contributed by atoms with van der Waals surface area (Å²) >= 11 is 0. The van der Waals surface area contributed by atoms with Gasteiger partial charge in [0.2, 0.25) is 18.5 Å². The van der Waals surface area contributed by atoms with Crippen LogP contribution in [-0.2, 0) is 6.42 Å². The van der Waals surface area contributed by atoms with Crippen LogP contribution in [0.3, 0.4) is 0 Å². The number of rotatable bonds is 2. The molecule has 0 saturated heterocycles. The third kappa shape index (κ3) is 2.00. The van der Waals surface area contributed by atoms with Crippen molar-refractivity contribution in [1.29, 1.82) is 0 Å². The Morgan fingerprint density at radius 1 is 1.17 bits per heavy atom. The number of ether oxygens (including phenoxy) is 2. The van der Waals surface area contributed by atoms with Gasteiger partial charge in [0.05, 0.1) is 12.1 Å². The van der Waals surface area contributed by atoms with E-state index in [1.54, 1.807) is 0 Å². The van der Waals surface area contributed by atoms with Crippen LogP contribution in [0.4, 0.5) is 0 Å². The molecule has 1 atom stereocenters. The van der Waals surface area contributed by atoms with E-state index in [4.69, 9.17) is 14.0 Å². The number of hydrogen-bond donors (Lipinski definition) is 1. The topological polar surface area (TPSA) is 86.1 Å². The Morgan fingerprint density at radius 3 is 3.13 bits per heavy atom. The van der Waals surface area contributed by atoms with Crippen LogP contribution >= 0.6 is 0 Å². The molecule has 0 radical (unpaired) electrons. The predicted molar refractivity (Wildman–Crippen MR) is 79.2 cm³/mol. The van der Waals surface area contributed by atoms with Gasteiger partial charge in [0, 0.05) is 16.8 Å². The standard InChI is InChI=1S/C16H14N4O3/c1-2-10(11-7-17-19-12(11)3-1)16-18-15(20-23-16)9-4-5-13-14(6-9)22-8-21-13/h4-7,10H,1-3,8H2,(H,17,19)/t10-/m0/s1. The highest BCUT2D eigenvalue weighted by Gasteiger charge is 2.28. The van der Waals surface area contributed by atoms with E-state index in [1.807, 2.05) is 24.4 Å². The summed E-state index contributed by atoms with van der Waals surface area (Å²) in [4.78, 5) is 4.59. The van der Waals surface area contributed by atoms with Crippen molar-refractivity contribution in [2.24, 2.45) is 0 Å². The van der Waals surface area contributed by atoms with Crippen LogP contribution < -0.4 is 9.47 Å². The van der Waals surface area contributed by atoms with Crippen LogP contribution in [0.5, 0.6) is 11.5 Å². The van der Waals surface area contributed by atoms with E-state index in [2.05, 4.69) is 20.3 Å². The van der Waals surface area contributed by atoms with Crippen molar-refractivity contribution in [3.63, 3.8) is 0 Å². The molecule has 116 valence electrons. The van der Waals surface area contributed by atoms with Crippen LogP contribution in [0.1, 0.15) is 35.9 Å². The number of nitrogens with one attached hydrogen (secondary N) is 1. The molecule has 1 aliphatic heterocycles. The highest BCUT2D eigenvalue weighted by atomic mass is 16.7. The fraction of sp³-hybridized carbons (Fsp3) is 0.312. The van der Waals surface area contributed by atoms with E-state index < -0.39 is 0 Å². The Bertz CT molecular complexity index is 870. The highest BCUT2D eigenvalue weighted by Crippen LogP contribution is 2.37. The Balaban J connectivity index is 1.50. The quantitative estimate of drug-likeness (QED) is 0.783. The Kier molecular flexibility index (Phi) is 2.67. The van der Waals surface area contributed by atoms with Gasteiger partial charge in [0.1, 0.15) is 0 Å². The maximum absolute atomic E-state index is 5.53. The number of aryl methyl sites for hydroxylation is 1. The van der Waals surface area contributed by atoms with Crippen molar-refractivity contribution in [3.8, 4) is 22.9 Å². The minimum absolute atomic E-state index is 0.118. The highest BCUT2D eigenvalue weighted by molar-refractivity contribution is 5.61. The molecular formula is C16H14N4O3. The van der Waals surface area contributed by atoms with Crippen molar-refractivity contribution in [1.82, 2.24) is 20.3 Å². The number of aromatic nitrogens is 4. The van der Waals surface area contributed by atoms with Crippen molar-refractivity contribution < 1.29 is 14.0 Å². The molecule has 0 unspecified atom stereocenters. The van der Waals surface area contributed by atoms with E-state index in [0.29, 0.717) is 17.5 Å². The maximum atomic E-state index is 5.53. The Hall–Kier alpha value is -2.83. The summed E-state index contributed by atoms with van der Waals surface area (Å²) in [6, 6.07) is 5.65. The predicted octanol–water partition coefficient (Wildman–Crippen LogP) is 2.66. The summed E-state index contributed by atoms with van der Waals surface area (Å²) in [5, 5.41) is 11.3. The van der Waals surface area contributed by atoms with Gasteiger partial charge in [0.15, 0.2) is 11.5 Å². The number of hydrogen-bond acceptors (Lipinski definition) is 6. The molecule has 1 aliphatic carbocycles. The van der Waals surface area contributed by atoms with Gasteiger partial charge < -0.3 is 14.0 Å². The zero-order valence-corrected chi connectivity index (χ0v) is 12.3. The van der Waals surface area contributed by atoms with E-state index in [1.165, 1.54) is 5.69 Å². The van der Waals surface area contributed by atoms with Gasteiger partial charge in [-0.05, 0) is 37.5 Å². The second-order valence-corrected chi connectivity index (χ2v) is 5.77. The summed E-state index contributed by atoms with van der Waals surface area (Å²) < 4.78 is 16.3. The zero-order chi connectivity index (χ0) is 15.2. The summed E-state index contributed by atoms with van der Waals surface area (Å²) in [6.45, 7) is 0.252. The van der Waals surface area contributed by atoms with Crippen LogP contribution in [0.25, 0.3) is 11.4 Å². The van der Waals surface area contributed by atoms with Crippen molar-refractivity contribution in [3.05, 3.63) is 41.5 Å². The smallest absolute Gasteiger partial charge is 0.234 e. The Labute approximate surface area is 131 Å². The normalized spacial score (nSPS) is 18.9. The molecule has 23 heavy (non-hydrogen) atoms. The van der Waals surface area contributed by atoms with Crippen LogP contribution in [-0.4, -0.2) is 27.1 Å². The van der Waals surface area contributed by atoms with Crippen molar-refractivity contribution >= 4 is 0 Å². The van der Waals surface area contributed by atoms with Gasteiger partial charge in [-0.3, -0.25) is 5.10 Å². The molecule has 1 aromatic carbocycles. The third-order valence-electron chi connectivity index (χ3n) is 4.42. The van der Waals surface area contributed by atoms with E-state index in [0.717, 1.165) is 36.1 Å². The van der Waals surface area contributed by atoms with Gasteiger partial charge in [-0.15, -0.1) is 0 Å². The SMILES string of the molecule is c1cc2c(cc1-c1noc([C@H]3CCCc4[nH]ncc43)n1)OCO2. The molecular weight excluding hydrogens is 296 g/mol. The van der Waals surface area contributed by atoms with Crippen LogP contribution in [0.2, 0.25) is 0 Å². The first-order valence-electron chi connectivity index (χ1n) is 7.64. The molecule has 5 rings (SSSR count).